The van der Waals surface area contributed by atoms with E-state index < -0.39 is 0 Å². The van der Waals surface area contributed by atoms with Crippen molar-refractivity contribution >= 4 is 28.1 Å². The summed E-state index contributed by atoms with van der Waals surface area (Å²) >= 11 is 3.53. The molecule has 3 aromatic rings. The Morgan fingerprint density at radius 3 is 2.42 bits per heavy atom. The van der Waals surface area contributed by atoms with E-state index in [4.69, 9.17) is 18.9 Å². The summed E-state index contributed by atoms with van der Waals surface area (Å²) in [5, 5.41) is 4.06. The predicted molar refractivity (Wildman–Crippen MR) is 131 cm³/mol. The average Bonchev–Trinajstić information content (AvgIpc) is 2.84. The van der Waals surface area contributed by atoms with Crippen LogP contribution in [-0.4, -0.2) is 32.9 Å². The highest BCUT2D eigenvalue weighted by molar-refractivity contribution is 9.10. The molecule has 8 heteroatoms. The lowest BCUT2D eigenvalue weighted by Gasteiger charge is -2.13. The second-order valence-electron chi connectivity index (χ2n) is 6.81. The number of methoxy groups -OCH3 is 2. The molecule has 33 heavy (non-hydrogen) atoms. The Balaban J connectivity index is 1.68. The van der Waals surface area contributed by atoms with Gasteiger partial charge in [0.1, 0.15) is 6.61 Å². The summed E-state index contributed by atoms with van der Waals surface area (Å²) in [6.45, 7) is 2.79. The first-order valence-corrected chi connectivity index (χ1v) is 11.0. The molecular weight excluding hydrogens is 488 g/mol. The van der Waals surface area contributed by atoms with Gasteiger partial charge in [-0.15, -0.1) is 0 Å². The number of carbonyl (C=O) groups excluding carboxylic acids is 1. The molecule has 0 saturated carbocycles. The number of ether oxygens (including phenoxy) is 4. The lowest BCUT2D eigenvalue weighted by atomic mass is 10.2. The van der Waals surface area contributed by atoms with E-state index in [0.29, 0.717) is 46.2 Å². The zero-order chi connectivity index (χ0) is 23.6. The number of halogens is 1. The maximum absolute atomic E-state index is 12.5. The van der Waals surface area contributed by atoms with E-state index in [0.717, 1.165) is 11.1 Å². The monoisotopic (exact) mass is 512 g/mol. The summed E-state index contributed by atoms with van der Waals surface area (Å²) in [5.41, 5.74) is 4.68. The van der Waals surface area contributed by atoms with Crippen LogP contribution in [-0.2, 0) is 6.61 Å². The van der Waals surface area contributed by atoms with Gasteiger partial charge >= 0.3 is 0 Å². The molecular formula is C25H25BrN2O5. The molecule has 1 N–H and O–H groups in total. The second kappa shape index (κ2) is 11.9. The van der Waals surface area contributed by atoms with Crippen LogP contribution in [0.25, 0.3) is 0 Å². The van der Waals surface area contributed by atoms with E-state index in [-0.39, 0.29) is 5.91 Å². The molecule has 0 aliphatic heterocycles. The highest BCUT2D eigenvalue weighted by Gasteiger charge is 2.13. The summed E-state index contributed by atoms with van der Waals surface area (Å²) in [4.78, 5) is 12.5. The maximum atomic E-state index is 12.5. The third kappa shape index (κ3) is 6.49. The number of carbonyl (C=O) groups is 1. The van der Waals surface area contributed by atoms with Gasteiger partial charge in [-0.05, 0) is 64.3 Å². The van der Waals surface area contributed by atoms with Crippen LogP contribution in [0.3, 0.4) is 0 Å². The molecule has 0 aliphatic rings. The molecule has 0 spiro atoms. The van der Waals surface area contributed by atoms with Crippen molar-refractivity contribution in [1.82, 2.24) is 5.43 Å². The van der Waals surface area contributed by atoms with Crippen LogP contribution in [0.5, 0.6) is 23.0 Å². The van der Waals surface area contributed by atoms with Gasteiger partial charge in [-0.1, -0.05) is 30.3 Å². The van der Waals surface area contributed by atoms with Crippen molar-refractivity contribution in [2.75, 3.05) is 20.8 Å². The quantitative estimate of drug-likeness (QED) is 0.298. The van der Waals surface area contributed by atoms with Gasteiger partial charge in [-0.3, -0.25) is 4.79 Å². The predicted octanol–water partition coefficient (Wildman–Crippen LogP) is 5.21. The molecule has 7 nitrogen and oxygen atoms in total. The van der Waals surface area contributed by atoms with E-state index in [1.54, 1.807) is 31.4 Å². The summed E-state index contributed by atoms with van der Waals surface area (Å²) < 4.78 is 22.9. The number of nitrogens with one attached hydrogen (secondary N) is 1. The van der Waals surface area contributed by atoms with Gasteiger partial charge in [-0.2, -0.15) is 5.10 Å². The smallest absolute Gasteiger partial charge is 0.271 e. The summed E-state index contributed by atoms with van der Waals surface area (Å²) in [6, 6.07) is 18.4. The topological polar surface area (TPSA) is 78.4 Å². The average molecular weight is 513 g/mol. The first-order chi connectivity index (χ1) is 16.0. The van der Waals surface area contributed by atoms with Crippen molar-refractivity contribution in [3.05, 3.63) is 81.8 Å². The Morgan fingerprint density at radius 2 is 1.73 bits per heavy atom. The molecule has 3 rings (SSSR count). The van der Waals surface area contributed by atoms with E-state index >= 15 is 0 Å². The van der Waals surface area contributed by atoms with Crippen molar-refractivity contribution in [1.29, 1.82) is 0 Å². The third-order valence-corrected chi connectivity index (χ3v) is 5.17. The number of rotatable bonds is 10. The Hall–Kier alpha value is -3.52. The maximum Gasteiger partial charge on any atom is 0.271 e. The molecule has 3 aromatic carbocycles. The number of hydrazone groups is 1. The molecule has 0 unspecified atom stereocenters. The molecule has 0 saturated heterocycles. The Labute approximate surface area is 201 Å². The molecule has 172 valence electrons. The van der Waals surface area contributed by atoms with Crippen LogP contribution < -0.4 is 24.4 Å². The Bertz CT molecular complexity index is 1120. The molecule has 0 atom stereocenters. The number of hydrogen-bond acceptors (Lipinski definition) is 6. The number of hydrogen-bond donors (Lipinski definition) is 1. The van der Waals surface area contributed by atoms with Gasteiger partial charge in [0.25, 0.3) is 5.91 Å². The molecule has 0 bridgehead atoms. The zero-order valence-electron chi connectivity index (χ0n) is 18.6. The van der Waals surface area contributed by atoms with Gasteiger partial charge in [0.2, 0.25) is 0 Å². The fourth-order valence-corrected chi connectivity index (χ4v) is 3.57. The fraction of sp³-hybridized carbons (Fsp3) is 0.200. The van der Waals surface area contributed by atoms with Crippen molar-refractivity contribution < 1.29 is 23.7 Å². The van der Waals surface area contributed by atoms with Gasteiger partial charge in [0.15, 0.2) is 23.0 Å². The SMILES string of the molecule is CCOc1ccc(C(=O)N/N=C/c2cc(Br)c(OCc3ccccc3)c(OC)c2)cc1OC. The van der Waals surface area contributed by atoms with Crippen LogP contribution in [0.4, 0.5) is 0 Å². The molecule has 0 heterocycles. The van der Waals surface area contributed by atoms with Crippen molar-refractivity contribution in [3.63, 3.8) is 0 Å². The minimum atomic E-state index is -0.374. The normalized spacial score (nSPS) is 10.7. The minimum Gasteiger partial charge on any atom is -0.493 e. The van der Waals surface area contributed by atoms with Crippen LogP contribution in [0.15, 0.2) is 70.2 Å². The molecule has 1 amide bonds. The molecule has 0 fully saturated rings. The first-order valence-electron chi connectivity index (χ1n) is 10.2. The van der Waals surface area contributed by atoms with E-state index in [1.807, 2.05) is 43.3 Å². The lowest BCUT2D eigenvalue weighted by Crippen LogP contribution is -2.17. The summed E-state index contributed by atoms with van der Waals surface area (Å²) in [7, 11) is 3.09. The minimum absolute atomic E-state index is 0.374. The highest BCUT2D eigenvalue weighted by atomic mass is 79.9. The molecule has 0 aromatic heterocycles. The van der Waals surface area contributed by atoms with Crippen LogP contribution in [0.2, 0.25) is 0 Å². The van der Waals surface area contributed by atoms with Crippen molar-refractivity contribution in [2.45, 2.75) is 13.5 Å². The summed E-state index contributed by atoms with van der Waals surface area (Å²) in [6.07, 6.45) is 1.53. The fourth-order valence-electron chi connectivity index (χ4n) is 3.00. The summed E-state index contributed by atoms with van der Waals surface area (Å²) in [5.74, 6) is 1.81. The molecule has 0 aliphatic carbocycles. The highest BCUT2D eigenvalue weighted by Crippen LogP contribution is 2.37. The third-order valence-electron chi connectivity index (χ3n) is 4.58. The van der Waals surface area contributed by atoms with E-state index in [9.17, 15) is 4.79 Å². The number of benzene rings is 3. The van der Waals surface area contributed by atoms with Crippen molar-refractivity contribution in [3.8, 4) is 23.0 Å². The standard InChI is InChI=1S/C25H25BrN2O5/c1-4-32-21-11-10-19(14-22(21)30-2)25(29)28-27-15-18-12-20(26)24(23(13-18)31-3)33-16-17-8-6-5-7-9-17/h5-15H,4,16H2,1-3H3,(H,28,29)/b27-15+. The largest absolute Gasteiger partial charge is 0.493 e. The van der Waals surface area contributed by atoms with Crippen LogP contribution in [0.1, 0.15) is 28.4 Å². The number of amides is 1. The van der Waals surface area contributed by atoms with Crippen LogP contribution in [0, 0.1) is 0 Å². The van der Waals surface area contributed by atoms with Gasteiger partial charge in [0, 0.05) is 5.56 Å². The van der Waals surface area contributed by atoms with Gasteiger partial charge in [0.05, 0.1) is 31.5 Å². The second-order valence-corrected chi connectivity index (χ2v) is 7.66. The van der Waals surface area contributed by atoms with Gasteiger partial charge in [-0.25, -0.2) is 5.43 Å². The Morgan fingerprint density at radius 1 is 0.970 bits per heavy atom. The lowest BCUT2D eigenvalue weighted by molar-refractivity contribution is 0.0954. The van der Waals surface area contributed by atoms with E-state index in [1.165, 1.54) is 13.3 Å². The number of nitrogens with zero attached hydrogens (tertiary/aromatic N) is 1. The van der Waals surface area contributed by atoms with Crippen LogP contribution >= 0.6 is 15.9 Å². The zero-order valence-corrected chi connectivity index (χ0v) is 20.2. The van der Waals surface area contributed by atoms with Gasteiger partial charge < -0.3 is 18.9 Å². The first kappa shape index (κ1) is 24.1. The van der Waals surface area contributed by atoms with Crippen molar-refractivity contribution in [2.24, 2.45) is 5.10 Å². The molecule has 0 radical (unpaired) electrons. The van der Waals surface area contributed by atoms with E-state index in [2.05, 4.69) is 26.5 Å². The Kier molecular flexibility index (Phi) is 8.71.